The van der Waals surface area contributed by atoms with E-state index in [1.54, 1.807) is 17.0 Å². The number of rotatable bonds is 4. The number of nitrogens with zero attached hydrogens (tertiary/aromatic N) is 4. The molecule has 0 saturated carbocycles. The molecule has 0 bridgehead atoms. The largest absolute Gasteiger partial charge is 0.350 e. The summed E-state index contributed by atoms with van der Waals surface area (Å²) in [5.41, 5.74) is 3.83. The first-order chi connectivity index (χ1) is 11.7. The van der Waals surface area contributed by atoms with Crippen LogP contribution in [0.2, 0.25) is 0 Å². The smallest absolute Gasteiger partial charge is 0.243 e. The number of hydrogen-bond donors (Lipinski definition) is 1. The van der Waals surface area contributed by atoms with Gasteiger partial charge in [0.1, 0.15) is 6.04 Å². The van der Waals surface area contributed by atoms with E-state index in [0.717, 1.165) is 22.1 Å². The van der Waals surface area contributed by atoms with E-state index >= 15 is 0 Å². The van der Waals surface area contributed by atoms with Crippen LogP contribution in [0.1, 0.15) is 18.5 Å². The van der Waals surface area contributed by atoms with Crippen LogP contribution < -0.4 is 5.32 Å². The first kappa shape index (κ1) is 14.4. The van der Waals surface area contributed by atoms with Crippen molar-refractivity contribution in [1.82, 2.24) is 24.5 Å². The first-order valence-electron chi connectivity index (χ1n) is 7.84. The maximum absolute atomic E-state index is 12.5. The monoisotopic (exact) mass is 319 g/mol. The van der Waals surface area contributed by atoms with Crippen molar-refractivity contribution < 1.29 is 4.79 Å². The molecule has 0 saturated heterocycles. The zero-order valence-corrected chi connectivity index (χ0v) is 13.3. The second-order valence-corrected chi connectivity index (χ2v) is 5.73. The molecular formula is C18H17N5O. The molecule has 6 heteroatoms. The molecule has 6 nitrogen and oxygen atoms in total. The van der Waals surface area contributed by atoms with Crippen LogP contribution in [-0.4, -0.2) is 25.1 Å². The maximum atomic E-state index is 12.5. The van der Waals surface area contributed by atoms with Crippen LogP contribution in [0.4, 0.5) is 0 Å². The maximum Gasteiger partial charge on any atom is 0.243 e. The molecule has 1 atom stereocenters. The van der Waals surface area contributed by atoms with E-state index in [2.05, 4.69) is 15.4 Å². The Morgan fingerprint density at radius 3 is 2.88 bits per heavy atom. The number of fused-ring (bicyclic) bond motifs is 2. The lowest BCUT2D eigenvalue weighted by molar-refractivity contribution is -0.123. The molecule has 3 aromatic heterocycles. The van der Waals surface area contributed by atoms with Crippen molar-refractivity contribution in [3.63, 3.8) is 0 Å². The predicted octanol–water partition coefficient (Wildman–Crippen LogP) is 2.56. The molecule has 0 spiro atoms. The Balaban J connectivity index is 1.51. The summed E-state index contributed by atoms with van der Waals surface area (Å²) in [6.07, 6.45) is 5.39. The molecule has 0 radical (unpaired) electrons. The fourth-order valence-electron chi connectivity index (χ4n) is 2.87. The molecule has 0 aliphatic rings. The first-order valence-corrected chi connectivity index (χ1v) is 7.84. The second-order valence-electron chi connectivity index (χ2n) is 5.73. The van der Waals surface area contributed by atoms with E-state index in [1.807, 2.05) is 60.2 Å². The highest BCUT2D eigenvalue weighted by molar-refractivity contribution is 5.83. The van der Waals surface area contributed by atoms with Crippen molar-refractivity contribution in [2.24, 2.45) is 0 Å². The molecule has 1 N–H and O–H groups in total. The van der Waals surface area contributed by atoms with Gasteiger partial charge in [0.05, 0.1) is 29.1 Å². The third-order valence-corrected chi connectivity index (χ3v) is 4.24. The van der Waals surface area contributed by atoms with Gasteiger partial charge in [0.15, 0.2) is 0 Å². The summed E-state index contributed by atoms with van der Waals surface area (Å²) in [6.45, 7) is 2.32. The summed E-state index contributed by atoms with van der Waals surface area (Å²) in [4.78, 5) is 16.9. The number of para-hydroxylation sites is 2. The van der Waals surface area contributed by atoms with Crippen LogP contribution in [0.5, 0.6) is 0 Å². The molecule has 4 rings (SSSR count). The Morgan fingerprint density at radius 1 is 1.17 bits per heavy atom. The van der Waals surface area contributed by atoms with Gasteiger partial charge in [-0.2, -0.15) is 5.10 Å². The number of carbonyl (C=O) groups excluding carboxylic acids is 1. The van der Waals surface area contributed by atoms with Crippen molar-refractivity contribution in [1.29, 1.82) is 0 Å². The lowest BCUT2D eigenvalue weighted by Crippen LogP contribution is -2.30. The summed E-state index contributed by atoms with van der Waals surface area (Å²) >= 11 is 0. The second kappa shape index (κ2) is 5.81. The van der Waals surface area contributed by atoms with Gasteiger partial charge in [0.2, 0.25) is 5.91 Å². The predicted molar refractivity (Wildman–Crippen MR) is 91.5 cm³/mol. The summed E-state index contributed by atoms with van der Waals surface area (Å²) in [6, 6.07) is 13.3. The van der Waals surface area contributed by atoms with Gasteiger partial charge in [-0.1, -0.05) is 18.2 Å². The number of benzene rings is 1. The minimum atomic E-state index is -0.334. The zero-order valence-electron chi connectivity index (χ0n) is 13.3. The van der Waals surface area contributed by atoms with Crippen molar-refractivity contribution in [2.75, 3.05) is 0 Å². The lowest BCUT2D eigenvalue weighted by Gasteiger charge is -2.14. The molecule has 24 heavy (non-hydrogen) atoms. The fraction of sp³-hybridized carbons (Fsp3) is 0.167. The normalized spacial score (nSPS) is 12.5. The summed E-state index contributed by atoms with van der Waals surface area (Å²) in [7, 11) is 0. The molecule has 0 unspecified atom stereocenters. The quantitative estimate of drug-likeness (QED) is 0.629. The molecule has 0 aliphatic heterocycles. The third kappa shape index (κ3) is 2.42. The average molecular weight is 319 g/mol. The number of pyridine rings is 1. The van der Waals surface area contributed by atoms with Crippen LogP contribution in [0, 0.1) is 0 Å². The zero-order chi connectivity index (χ0) is 16.5. The van der Waals surface area contributed by atoms with Crippen LogP contribution in [-0.2, 0) is 11.3 Å². The summed E-state index contributed by atoms with van der Waals surface area (Å²) < 4.78 is 3.69. The van der Waals surface area contributed by atoms with Crippen LogP contribution >= 0.6 is 0 Å². The number of nitrogens with one attached hydrogen (secondary N) is 1. The molecule has 1 aromatic carbocycles. The molecule has 4 aromatic rings. The van der Waals surface area contributed by atoms with Crippen LogP contribution in [0.25, 0.3) is 16.6 Å². The van der Waals surface area contributed by atoms with Gasteiger partial charge in [-0.15, -0.1) is 0 Å². The van der Waals surface area contributed by atoms with E-state index in [1.165, 1.54) is 0 Å². The third-order valence-electron chi connectivity index (χ3n) is 4.24. The molecule has 120 valence electrons. The highest BCUT2D eigenvalue weighted by Crippen LogP contribution is 2.17. The standard InChI is InChI=1S/C18H17N5O/c1-13(22-12-20-15-6-2-3-8-17(15)22)18(24)19-10-14-11-21-23-9-5-4-7-16(14)23/h2-9,11-13H,10H2,1H3,(H,19,24)/t13-/m0/s1. The van der Waals surface area contributed by atoms with Gasteiger partial charge in [0, 0.05) is 18.3 Å². The Labute approximate surface area is 138 Å². The van der Waals surface area contributed by atoms with E-state index in [9.17, 15) is 4.79 Å². The van der Waals surface area contributed by atoms with Crippen molar-refractivity contribution >= 4 is 22.5 Å². The molecule has 3 heterocycles. The van der Waals surface area contributed by atoms with Crippen LogP contribution in [0.3, 0.4) is 0 Å². The molecular weight excluding hydrogens is 302 g/mol. The van der Waals surface area contributed by atoms with Crippen molar-refractivity contribution in [3.8, 4) is 0 Å². The van der Waals surface area contributed by atoms with Crippen LogP contribution in [0.15, 0.2) is 61.2 Å². The van der Waals surface area contributed by atoms with E-state index in [4.69, 9.17) is 0 Å². The minimum Gasteiger partial charge on any atom is -0.350 e. The topological polar surface area (TPSA) is 64.2 Å². The number of imidazole rings is 1. The van der Waals surface area contributed by atoms with Crippen molar-refractivity contribution in [2.45, 2.75) is 19.5 Å². The molecule has 0 aliphatic carbocycles. The summed E-state index contributed by atoms with van der Waals surface area (Å²) in [5, 5.41) is 7.27. The highest BCUT2D eigenvalue weighted by atomic mass is 16.2. The molecule has 0 fully saturated rings. The highest BCUT2D eigenvalue weighted by Gasteiger charge is 2.17. The Kier molecular flexibility index (Phi) is 3.49. The van der Waals surface area contributed by atoms with Crippen molar-refractivity contribution in [3.05, 3.63) is 66.7 Å². The average Bonchev–Trinajstić information content (AvgIpc) is 3.23. The number of amides is 1. The SMILES string of the molecule is C[C@@H](C(=O)NCc1cnn2ccccc12)n1cnc2ccccc21. The molecule has 1 amide bonds. The Morgan fingerprint density at radius 2 is 1.96 bits per heavy atom. The number of aromatic nitrogens is 4. The Hall–Kier alpha value is -3.15. The van der Waals surface area contributed by atoms with E-state index in [0.29, 0.717) is 6.54 Å². The van der Waals surface area contributed by atoms with E-state index < -0.39 is 0 Å². The van der Waals surface area contributed by atoms with Gasteiger partial charge in [-0.3, -0.25) is 4.79 Å². The van der Waals surface area contributed by atoms with Gasteiger partial charge in [-0.05, 0) is 31.2 Å². The van der Waals surface area contributed by atoms with Gasteiger partial charge < -0.3 is 9.88 Å². The Bertz CT molecular complexity index is 1020. The summed E-state index contributed by atoms with van der Waals surface area (Å²) in [5.74, 6) is -0.0477. The number of carbonyl (C=O) groups is 1. The minimum absolute atomic E-state index is 0.0477. The van der Waals surface area contributed by atoms with Gasteiger partial charge >= 0.3 is 0 Å². The van der Waals surface area contributed by atoms with E-state index in [-0.39, 0.29) is 11.9 Å². The number of hydrogen-bond acceptors (Lipinski definition) is 3. The van der Waals surface area contributed by atoms with Gasteiger partial charge in [-0.25, -0.2) is 9.50 Å². The fourth-order valence-corrected chi connectivity index (χ4v) is 2.87. The van der Waals surface area contributed by atoms with Gasteiger partial charge in [0.25, 0.3) is 0 Å². The lowest BCUT2D eigenvalue weighted by atomic mass is 10.2.